The van der Waals surface area contributed by atoms with Gasteiger partial charge in [-0.05, 0) is 63.2 Å². The second-order valence-electron chi connectivity index (χ2n) is 7.76. The summed E-state index contributed by atoms with van der Waals surface area (Å²) < 4.78 is 0. The highest BCUT2D eigenvalue weighted by Gasteiger charge is 2.41. The van der Waals surface area contributed by atoms with Crippen molar-refractivity contribution < 1.29 is 9.90 Å². The summed E-state index contributed by atoms with van der Waals surface area (Å²) in [6.45, 7) is 5.27. The van der Waals surface area contributed by atoms with Crippen molar-refractivity contribution in [2.24, 2.45) is 23.0 Å². The van der Waals surface area contributed by atoms with Gasteiger partial charge in [-0.2, -0.15) is 0 Å². The highest BCUT2D eigenvalue weighted by molar-refractivity contribution is 5.83. The number of nitrogens with two attached hydrogens (primary N) is 1. The van der Waals surface area contributed by atoms with Gasteiger partial charge in [0.1, 0.15) is 0 Å². The third-order valence-electron chi connectivity index (χ3n) is 5.89. The van der Waals surface area contributed by atoms with Gasteiger partial charge in [-0.3, -0.25) is 4.79 Å². The maximum atomic E-state index is 12.6. The van der Waals surface area contributed by atoms with Gasteiger partial charge in [-0.1, -0.05) is 13.8 Å². The number of hydrogen-bond acceptors (Lipinski definition) is 3. The van der Waals surface area contributed by atoms with Crippen LogP contribution in [0.3, 0.4) is 0 Å². The van der Waals surface area contributed by atoms with Crippen LogP contribution in [0.25, 0.3) is 0 Å². The lowest BCUT2D eigenvalue weighted by Crippen LogP contribution is -2.52. The van der Waals surface area contributed by atoms with Crippen LogP contribution in [0.2, 0.25) is 0 Å². The van der Waals surface area contributed by atoms with Gasteiger partial charge in [-0.15, -0.1) is 0 Å². The van der Waals surface area contributed by atoms with E-state index in [1.165, 1.54) is 0 Å². The molecule has 4 N–H and O–H groups in total. The van der Waals surface area contributed by atoms with Gasteiger partial charge >= 0.3 is 0 Å². The van der Waals surface area contributed by atoms with E-state index in [-0.39, 0.29) is 5.91 Å². The standard InChI is InChI=1S/C17H32N2O2/c1-13-3-7-16(11-18,8-4-13)15(20)19-12-17(21)9-5-14(2)6-10-17/h13-14,21H,3-12,18H2,1-2H3,(H,19,20). The van der Waals surface area contributed by atoms with Crippen LogP contribution < -0.4 is 11.1 Å². The van der Waals surface area contributed by atoms with Crippen LogP contribution in [0.5, 0.6) is 0 Å². The van der Waals surface area contributed by atoms with Crippen LogP contribution in [-0.4, -0.2) is 29.7 Å². The molecule has 1 amide bonds. The fourth-order valence-electron chi connectivity index (χ4n) is 3.75. The van der Waals surface area contributed by atoms with E-state index in [9.17, 15) is 9.90 Å². The van der Waals surface area contributed by atoms with E-state index in [1.807, 2.05) is 0 Å². The molecule has 0 bridgehead atoms. The number of aliphatic hydroxyl groups is 1. The average Bonchev–Trinajstić information content (AvgIpc) is 2.49. The molecule has 2 aliphatic rings. The molecule has 0 aliphatic heterocycles. The summed E-state index contributed by atoms with van der Waals surface area (Å²) >= 11 is 0. The summed E-state index contributed by atoms with van der Waals surface area (Å²) in [5, 5.41) is 13.6. The minimum atomic E-state index is -0.708. The number of carbonyl (C=O) groups is 1. The van der Waals surface area contributed by atoms with E-state index in [0.717, 1.165) is 51.4 Å². The van der Waals surface area contributed by atoms with E-state index in [0.29, 0.717) is 24.9 Å². The largest absolute Gasteiger partial charge is 0.388 e. The number of amides is 1. The Morgan fingerprint density at radius 1 is 1.10 bits per heavy atom. The molecule has 0 unspecified atom stereocenters. The topological polar surface area (TPSA) is 75.3 Å². The van der Waals surface area contributed by atoms with Gasteiger partial charge in [0, 0.05) is 13.1 Å². The van der Waals surface area contributed by atoms with E-state index >= 15 is 0 Å². The Kier molecular flexibility index (Phi) is 5.31. The fourth-order valence-corrected chi connectivity index (χ4v) is 3.75. The first kappa shape index (κ1) is 16.8. The van der Waals surface area contributed by atoms with Crippen molar-refractivity contribution in [1.82, 2.24) is 5.32 Å². The van der Waals surface area contributed by atoms with Crippen LogP contribution in [-0.2, 0) is 4.79 Å². The molecule has 2 fully saturated rings. The highest BCUT2D eigenvalue weighted by Crippen LogP contribution is 2.38. The third-order valence-corrected chi connectivity index (χ3v) is 5.89. The van der Waals surface area contributed by atoms with Crippen molar-refractivity contribution >= 4 is 5.91 Å². The first-order valence-corrected chi connectivity index (χ1v) is 8.60. The van der Waals surface area contributed by atoms with E-state index in [1.54, 1.807) is 0 Å². The maximum Gasteiger partial charge on any atom is 0.227 e. The lowest BCUT2D eigenvalue weighted by Gasteiger charge is -2.39. The Morgan fingerprint density at radius 2 is 1.57 bits per heavy atom. The summed E-state index contributed by atoms with van der Waals surface area (Å²) in [7, 11) is 0. The quantitative estimate of drug-likeness (QED) is 0.744. The van der Waals surface area contributed by atoms with Crippen molar-refractivity contribution in [1.29, 1.82) is 0 Å². The van der Waals surface area contributed by atoms with Crippen LogP contribution in [0, 0.1) is 17.3 Å². The molecule has 0 radical (unpaired) electrons. The lowest BCUT2D eigenvalue weighted by atomic mass is 9.70. The number of rotatable bonds is 4. The van der Waals surface area contributed by atoms with E-state index < -0.39 is 11.0 Å². The van der Waals surface area contributed by atoms with Crippen LogP contribution in [0.4, 0.5) is 0 Å². The van der Waals surface area contributed by atoms with Crippen molar-refractivity contribution in [3.63, 3.8) is 0 Å². The van der Waals surface area contributed by atoms with Gasteiger partial charge in [0.25, 0.3) is 0 Å². The minimum absolute atomic E-state index is 0.0592. The van der Waals surface area contributed by atoms with E-state index in [2.05, 4.69) is 19.2 Å². The van der Waals surface area contributed by atoms with Crippen molar-refractivity contribution in [3.8, 4) is 0 Å². The van der Waals surface area contributed by atoms with Gasteiger partial charge in [-0.25, -0.2) is 0 Å². The average molecular weight is 296 g/mol. The Labute approximate surface area is 128 Å². The second kappa shape index (κ2) is 6.66. The predicted octanol–water partition coefficient (Wildman–Crippen LogP) is 2.20. The number of hydrogen-bond donors (Lipinski definition) is 3. The summed E-state index contributed by atoms with van der Waals surface area (Å²) in [6.07, 6.45) is 7.59. The Morgan fingerprint density at radius 3 is 2.05 bits per heavy atom. The molecule has 0 heterocycles. The zero-order chi connectivity index (χ0) is 15.5. The normalized spacial score (nSPS) is 40.8. The maximum absolute atomic E-state index is 12.6. The summed E-state index contributed by atoms with van der Waals surface area (Å²) in [4.78, 5) is 12.6. The first-order chi connectivity index (χ1) is 9.89. The highest BCUT2D eigenvalue weighted by atomic mass is 16.3. The molecule has 0 aromatic carbocycles. The molecule has 0 atom stereocenters. The van der Waals surface area contributed by atoms with Crippen molar-refractivity contribution in [2.45, 2.75) is 70.8 Å². The Hall–Kier alpha value is -0.610. The smallest absolute Gasteiger partial charge is 0.227 e. The molecular weight excluding hydrogens is 264 g/mol. The zero-order valence-electron chi connectivity index (χ0n) is 13.7. The second-order valence-corrected chi connectivity index (χ2v) is 7.76. The molecule has 122 valence electrons. The first-order valence-electron chi connectivity index (χ1n) is 8.60. The molecule has 0 saturated heterocycles. The van der Waals surface area contributed by atoms with Crippen molar-refractivity contribution in [2.75, 3.05) is 13.1 Å². The molecule has 21 heavy (non-hydrogen) atoms. The molecule has 0 aromatic heterocycles. The molecule has 0 aromatic rings. The van der Waals surface area contributed by atoms with Gasteiger partial charge in [0.15, 0.2) is 0 Å². The molecule has 2 rings (SSSR count). The molecule has 4 nitrogen and oxygen atoms in total. The molecule has 2 aliphatic carbocycles. The summed E-state index contributed by atoms with van der Waals surface area (Å²) in [6, 6.07) is 0. The SMILES string of the molecule is CC1CCC(O)(CNC(=O)C2(CN)CCC(C)CC2)CC1. The Balaban J connectivity index is 1.88. The number of nitrogens with one attached hydrogen (secondary N) is 1. The zero-order valence-corrected chi connectivity index (χ0v) is 13.7. The lowest BCUT2D eigenvalue weighted by molar-refractivity contribution is -0.134. The van der Waals surface area contributed by atoms with E-state index in [4.69, 9.17) is 5.73 Å². The monoisotopic (exact) mass is 296 g/mol. The molecule has 2 saturated carbocycles. The van der Waals surface area contributed by atoms with Crippen LogP contribution in [0.15, 0.2) is 0 Å². The number of carbonyl (C=O) groups excluding carboxylic acids is 1. The summed E-state index contributed by atoms with van der Waals surface area (Å²) in [5.74, 6) is 1.45. The predicted molar refractivity (Wildman–Crippen MR) is 84.7 cm³/mol. The summed E-state index contributed by atoms with van der Waals surface area (Å²) in [5.41, 5.74) is 4.81. The third kappa shape index (κ3) is 3.98. The van der Waals surface area contributed by atoms with Gasteiger partial charge < -0.3 is 16.2 Å². The molecule has 4 heteroatoms. The van der Waals surface area contributed by atoms with Crippen molar-refractivity contribution in [3.05, 3.63) is 0 Å². The molecular formula is C17H32N2O2. The Bertz CT molecular complexity index is 354. The van der Waals surface area contributed by atoms with Gasteiger partial charge in [0.2, 0.25) is 5.91 Å². The van der Waals surface area contributed by atoms with Gasteiger partial charge in [0.05, 0.1) is 11.0 Å². The fraction of sp³-hybridized carbons (Fsp3) is 0.941. The van der Waals surface area contributed by atoms with Crippen LogP contribution >= 0.6 is 0 Å². The minimum Gasteiger partial charge on any atom is -0.388 e. The molecule has 0 spiro atoms. The van der Waals surface area contributed by atoms with Crippen LogP contribution in [0.1, 0.15) is 65.2 Å².